The summed E-state index contributed by atoms with van der Waals surface area (Å²) in [5.74, 6) is 0. The number of carbonyl (C=O) groups is 1. The molecule has 0 atom stereocenters. The molecule has 2 aromatic rings. The number of rotatable bonds is 2. The number of carbonyl (C=O) groups excluding carboxylic acids is 1. The second-order valence-corrected chi connectivity index (χ2v) is 2.34. The highest BCUT2D eigenvalue weighted by molar-refractivity contribution is 5.54. The molecule has 0 bridgehead atoms. The Balaban J connectivity index is 2.65. The van der Waals surface area contributed by atoms with Gasteiger partial charge in [-0.2, -0.15) is 4.52 Å². The van der Waals surface area contributed by atoms with Crippen LogP contribution >= 0.6 is 0 Å². The van der Waals surface area contributed by atoms with Crippen molar-refractivity contribution >= 4 is 11.9 Å². The van der Waals surface area contributed by atoms with E-state index < -0.39 is 0 Å². The summed E-state index contributed by atoms with van der Waals surface area (Å²) in [4.78, 5) is 10.3. The summed E-state index contributed by atoms with van der Waals surface area (Å²) in [5.41, 5.74) is 1.46. The van der Waals surface area contributed by atoms with Crippen molar-refractivity contribution in [3.05, 3.63) is 23.9 Å². The summed E-state index contributed by atoms with van der Waals surface area (Å²) >= 11 is 0. The summed E-state index contributed by atoms with van der Waals surface area (Å²) in [6.07, 6.45) is 1.17. The molecule has 0 N–H and O–H groups in total. The molecular formula is C7H6N4O. The van der Waals surface area contributed by atoms with E-state index in [4.69, 9.17) is 0 Å². The highest BCUT2D eigenvalue weighted by Gasteiger charge is 2.00. The number of pyridine rings is 1. The summed E-state index contributed by atoms with van der Waals surface area (Å²) in [5, 5.41) is 11.0. The van der Waals surface area contributed by atoms with Crippen molar-refractivity contribution in [2.45, 2.75) is 6.42 Å². The molecule has 0 aromatic carbocycles. The molecule has 0 aliphatic carbocycles. The second-order valence-electron chi connectivity index (χ2n) is 2.34. The predicted octanol–water partition coefficient (Wildman–Crippen LogP) is -0.134. The second kappa shape index (κ2) is 2.69. The predicted molar refractivity (Wildman–Crippen MR) is 40.6 cm³/mol. The number of nitrogens with zero attached hydrogens (tertiary/aromatic N) is 4. The van der Waals surface area contributed by atoms with E-state index in [1.165, 1.54) is 0 Å². The Morgan fingerprint density at radius 1 is 1.50 bits per heavy atom. The Kier molecular flexibility index (Phi) is 1.55. The van der Waals surface area contributed by atoms with E-state index in [-0.39, 0.29) is 0 Å². The van der Waals surface area contributed by atoms with Gasteiger partial charge in [0.25, 0.3) is 0 Å². The van der Waals surface area contributed by atoms with Crippen LogP contribution in [-0.2, 0) is 11.2 Å². The van der Waals surface area contributed by atoms with Crippen molar-refractivity contribution in [3.63, 3.8) is 0 Å². The third kappa shape index (κ3) is 0.952. The number of hydrogen-bond donors (Lipinski definition) is 0. The highest BCUT2D eigenvalue weighted by Crippen LogP contribution is 2.01. The molecule has 0 aliphatic heterocycles. The molecule has 0 spiro atoms. The maximum Gasteiger partial charge on any atom is 0.179 e. The van der Waals surface area contributed by atoms with Crippen LogP contribution in [0.3, 0.4) is 0 Å². The largest absolute Gasteiger partial charge is 0.303 e. The maximum atomic E-state index is 10.3. The summed E-state index contributed by atoms with van der Waals surface area (Å²) in [6.45, 7) is 0. The van der Waals surface area contributed by atoms with Gasteiger partial charge in [0.2, 0.25) is 0 Å². The van der Waals surface area contributed by atoms with Gasteiger partial charge >= 0.3 is 0 Å². The Hall–Kier alpha value is -1.78. The van der Waals surface area contributed by atoms with Crippen LogP contribution in [0.4, 0.5) is 0 Å². The van der Waals surface area contributed by atoms with Crippen LogP contribution in [0, 0.1) is 0 Å². The van der Waals surface area contributed by atoms with E-state index in [2.05, 4.69) is 15.5 Å². The minimum Gasteiger partial charge on any atom is -0.303 e. The normalized spacial score (nSPS) is 10.3. The molecule has 5 nitrogen and oxygen atoms in total. The first-order valence-electron chi connectivity index (χ1n) is 3.51. The third-order valence-electron chi connectivity index (χ3n) is 1.59. The minimum atomic E-state index is 0.336. The monoisotopic (exact) mass is 162 g/mol. The molecular weight excluding hydrogens is 156 g/mol. The fraction of sp³-hybridized carbons (Fsp3) is 0.143. The topological polar surface area (TPSA) is 60.2 Å². The lowest BCUT2D eigenvalue weighted by molar-refractivity contribution is -0.107. The zero-order valence-electron chi connectivity index (χ0n) is 6.21. The van der Waals surface area contributed by atoms with Crippen LogP contribution in [0.1, 0.15) is 5.69 Å². The standard InChI is InChI=1S/C7H6N4O/c12-5-4-6-2-1-3-7-8-9-10-11(6)7/h1-3,5H,4H2. The average molecular weight is 162 g/mol. The first-order chi connectivity index (χ1) is 5.92. The fourth-order valence-electron chi connectivity index (χ4n) is 1.06. The van der Waals surface area contributed by atoms with Crippen molar-refractivity contribution in [2.24, 2.45) is 0 Å². The molecule has 0 amide bonds. The van der Waals surface area contributed by atoms with E-state index in [1.54, 1.807) is 10.6 Å². The van der Waals surface area contributed by atoms with Gasteiger partial charge in [0.1, 0.15) is 6.29 Å². The molecule has 0 fully saturated rings. The summed E-state index contributed by atoms with van der Waals surface area (Å²) in [6, 6.07) is 5.43. The lowest BCUT2D eigenvalue weighted by atomic mass is 10.3. The fourth-order valence-corrected chi connectivity index (χ4v) is 1.06. The quantitative estimate of drug-likeness (QED) is 0.577. The number of aromatic nitrogens is 4. The highest BCUT2D eigenvalue weighted by atomic mass is 16.1. The Bertz CT molecular complexity index is 408. The van der Waals surface area contributed by atoms with Gasteiger partial charge in [-0.3, -0.25) is 0 Å². The Labute approximate surface area is 68.0 Å². The molecule has 60 valence electrons. The van der Waals surface area contributed by atoms with Gasteiger partial charge in [-0.1, -0.05) is 6.07 Å². The summed E-state index contributed by atoms with van der Waals surface area (Å²) < 4.78 is 1.55. The van der Waals surface area contributed by atoms with Gasteiger partial charge in [0.05, 0.1) is 5.69 Å². The third-order valence-corrected chi connectivity index (χ3v) is 1.59. The molecule has 0 saturated carbocycles. The number of tetrazole rings is 1. The zero-order chi connectivity index (χ0) is 8.39. The molecule has 2 heterocycles. The number of aldehydes is 1. The van der Waals surface area contributed by atoms with Crippen molar-refractivity contribution in [2.75, 3.05) is 0 Å². The van der Waals surface area contributed by atoms with E-state index >= 15 is 0 Å². The number of hydrogen-bond acceptors (Lipinski definition) is 4. The first kappa shape index (κ1) is 6.90. The molecule has 5 heteroatoms. The SMILES string of the molecule is O=CCc1cccc2nnnn12. The molecule has 12 heavy (non-hydrogen) atoms. The average Bonchev–Trinajstić information content (AvgIpc) is 2.53. The van der Waals surface area contributed by atoms with Crippen molar-refractivity contribution in [1.82, 2.24) is 20.0 Å². The first-order valence-corrected chi connectivity index (χ1v) is 3.51. The molecule has 0 saturated heterocycles. The molecule has 2 rings (SSSR count). The lowest BCUT2D eigenvalue weighted by Gasteiger charge is -1.95. The van der Waals surface area contributed by atoms with Gasteiger partial charge < -0.3 is 4.79 Å². The van der Waals surface area contributed by atoms with E-state index in [9.17, 15) is 4.79 Å². The van der Waals surface area contributed by atoms with Crippen molar-refractivity contribution in [3.8, 4) is 0 Å². The Morgan fingerprint density at radius 2 is 2.42 bits per heavy atom. The summed E-state index contributed by atoms with van der Waals surface area (Å²) in [7, 11) is 0. The lowest BCUT2D eigenvalue weighted by Crippen LogP contribution is -1.98. The van der Waals surface area contributed by atoms with E-state index in [0.29, 0.717) is 12.1 Å². The molecule has 0 aliphatic rings. The van der Waals surface area contributed by atoms with E-state index in [1.807, 2.05) is 12.1 Å². The maximum absolute atomic E-state index is 10.3. The Morgan fingerprint density at radius 3 is 3.25 bits per heavy atom. The van der Waals surface area contributed by atoms with Gasteiger partial charge in [-0.05, 0) is 22.6 Å². The van der Waals surface area contributed by atoms with Gasteiger partial charge in [-0.15, -0.1) is 5.10 Å². The van der Waals surface area contributed by atoms with Gasteiger partial charge in [0, 0.05) is 6.42 Å². The van der Waals surface area contributed by atoms with Crippen molar-refractivity contribution < 1.29 is 4.79 Å². The molecule has 2 aromatic heterocycles. The smallest absolute Gasteiger partial charge is 0.179 e. The van der Waals surface area contributed by atoms with Crippen LogP contribution in [0.5, 0.6) is 0 Å². The van der Waals surface area contributed by atoms with Gasteiger partial charge in [-0.25, -0.2) is 0 Å². The number of fused-ring (bicyclic) bond motifs is 1. The van der Waals surface area contributed by atoms with Crippen LogP contribution in [0.2, 0.25) is 0 Å². The van der Waals surface area contributed by atoms with Gasteiger partial charge in [0.15, 0.2) is 5.65 Å². The van der Waals surface area contributed by atoms with Crippen LogP contribution in [-0.4, -0.2) is 26.3 Å². The van der Waals surface area contributed by atoms with Crippen LogP contribution < -0.4 is 0 Å². The van der Waals surface area contributed by atoms with E-state index in [0.717, 1.165) is 12.0 Å². The minimum absolute atomic E-state index is 0.336. The van der Waals surface area contributed by atoms with Crippen LogP contribution in [0.25, 0.3) is 5.65 Å². The van der Waals surface area contributed by atoms with Crippen LogP contribution in [0.15, 0.2) is 18.2 Å². The molecule has 0 unspecified atom stereocenters. The molecule has 0 radical (unpaired) electrons. The van der Waals surface area contributed by atoms with Crippen molar-refractivity contribution in [1.29, 1.82) is 0 Å². The zero-order valence-corrected chi connectivity index (χ0v) is 6.21.